The van der Waals surface area contributed by atoms with Crippen LogP contribution in [0.1, 0.15) is 54.7 Å². The predicted octanol–water partition coefficient (Wildman–Crippen LogP) is 6.55. The topological polar surface area (TPSA) is 49.4 Å². The zero-order chi connectivity index (χ0) is 23.2. The number of anilines is 2. The van der Waals surface area contributed by atoms with Gasteiger partial charge in [-0.1, -0.05) is 80.9 Å². The summed E-state index contributed by atoms with van der Waals surface area (Å²) in [5, 5.41) is 2.99. The zero-order valence-electron chi connectivity index (χ0n) is 19.2. The molecule has 33 heavy (non-hydrogen) atoms. The van der Waals surface area contributed by atoms with E-state index in [1.807, 2.05) is 84.6 Å². The third-order valence-corrected chi connectivity index (χ3v) is 7.22. The van der Waals surface area contributed by atoms with Crippen LogP contribution in [0.2, 0.25) is 0 Å². The van der Waals surface area contributed by atoms with Crippen LogP contribution in [0.4, 0.5) is 11.4 Å². The minimum Gasteiger partial charge on any atom is -0.326 e. The van der Waals surface area contributed by atoms with Gasteiger partial charge in [-0.05, 0) is 47.7 Å². The van der Waals surface area contributed by atoms with Crippen molar-refractivity contribution in [3.63, 3.8) is 0 Å². The maximum absolute atomic E-state index is 13.1. The van der Waals surface area contributed by atoms with Crippen LogP contribution < -0.4 is 10.2 Å². The highest BCUT2D eigenvalue weighted by Crippen LogP contribution is 2.43. The summed E-state index contributed by atoms with van der Waals surface area (Å²) >= 11 is 1.63. The third kappa shape index (κ3) is 5.14. The van der Waals surface area contributed by atoms with Crippen molar-refractivity contribution in [2.75, 3.05) is 16.0 Å². The first kappa shape index (κ1) is 23.1. The molecule has 5 heteroatoms. The number of carbonyl (C=O) groups is 2. The van der Waals surface area contributed by atoms with Gasteiger partial charge in [0.2, 0.25) is 11.8 Å². The second-order valence-electron chi connectivity index (χ2n) is 8.29. The molecule has 1 N–H and O–H groups in total. The fourth-order valence-electron chi connectivity index (χ4n) is 4.41. The highest BCUT2D eigenvalue weighted by atomic mass is 32.2. The van der Waals surface area contributed by atoms with E-state index in [1.54, 1.807) is 11.8 Å². The van der Waals surface area contributed by atoms with Gasteiger partial charge >= 0.3 is 0 Å². The van der Waals surface area contributed by atoms with Gasteiger partial charge in [0.25, 0.3) is 0 Å². The number of hydrogen-bond donors (Lipinski definition) is 1. The SMILES string of the molecule is CCCc1ccccc1N1C(=O)CS[C@@H]1c1cccc(NC(=O)[C@@H](CC)c2ccccc2)c1. The van der Waals surface area contributed by atoms with E-state index in [0.717, 1.165) is 41.8 Å². The molecule has 1 fully saturated rings. The van der Waals surface area contributed by atoms with Gasteiger partial charge in [0, 0.05) is 11.4 Å². The molecule has 170 valence electrons. The van der Waals surface area contributed by atoms with E-state index in [4.69, 9.17) is 0 Å². The van der Waals surface area contributed by atoms with Crippen molar-refractivity contribution in [3.05, 3.63) is 95.6 Å². The Morgan fingerprint density at radius 2 is 1.79 bits per heavy atom. The lowest BCUT2D eigenvalue weighted by molar-refractivity contribution is -0.118. The van der Waals surface area contributed by atoms with E-state index in [2.05, 4.69) is 18.3 Å². The van der Waals surface area contributed by atoms with Crippen LogP contribution in [0.3, 0.4) is 0 Å². The average molecular weight is 459 g/mol. The molecule has 3 aromatic carbocycles. The number of rotatable bonds is 8. The second kappa shape index (κ2) is 10.7. The minimum absolute atomic E-state index is 0.0128. The molecule has 0 unspecified atom stereocenters. The first-order valence-corrected chi connectivity index (χ1v) is 12.6. The van der Waals surface area contributed by atoms with Gasteiger partial charge < -0.3 is 5.32 Å². The summed E-state index contributed by atoms with van der Waals surface area (Å²) in [5.74, 6) is 0.363. The summed E-state index contributed by atoms with van der Waals surface area (Å²) in [6, 6.07) is 26.0. The Bertz CT molecular complexity index is 1120. The molecule has 1 aliphatic heterocycles. The molecule has 2 atom stereocenters. The van der Waals surface area contributed by atoms with Gasteiger partial charge in [0.15, 0.2) is 0 Å². The van der Waals surface area contributed by atoms with E-state index in [1.165, 1.54) is 5.56 Å². The lowest BCUT2D eigenvalue weighted by atomic mass is 9.95. The zero-order valence-corrected chi connectivity index (χ0v) is 20.0. The van der Waals surface area contributed by atoms with Crippen molar-refractivity contribution in [2.24, 2.45) is 0 Å². The highest BCUT2D eigenvalue weighted by Gasteiger charge is 2.35. The lowest BCUT2D eigenvalue weighted by Gasteiger charge is -2.27. The number of amides is 2. The number of benzene rings is 3. The number of nitrogens with zero attached hydrogens (tertiary/aromatic N) is 1. The first-order chi connectivity index (χ1) is 16.1. The molecule has 2 amide bonds. The summed E-state index contributed by atoms with van der Waals surface area (Å²) < 4.78 is 0. The van der Waals surface area contributed by atoms with Gasteiger partial charge in [0.05, 0.1) is 11.7 Å². The average Bonchev–Trinajstić information content (AvgIpc) is 3.22. The maximum atomic E-state index is 13.1. The number of para-hydroxylation sites is 1. The number of nitrogens with one attached hydrogen (secondary N) is 1. The normalized spacial score (nSPS) is 16.6. The van der Waals surface area contributed by atoms with Crippen LogP contribution in [0, 0.1) is 0 Å². The van der Waals surface area contributed by atoms with Crippen LogP contribution in [0.25, 0.3) is 0 Å². The molecule has 4 nitrogen and oxygen atoms in total. The predicted molar refractivity (Wildman–Crippen MR) is 138 cm³/mol. The van der Waals surface area contributed by atoms with E-state index < -0.39 is 0 Å². The number of aryl methyl sites for hydroxylation is 1. The monoisotopic (exact) mass is 458 g/mol. The van der Waals surface area contributed by atoms with Crippen molar-refractivity contribution in [1.82, 2.24) is 0 Å². The molecular formula is C28H30N2O2S. The molecule has 1 aliphatic rings. The second-order valence-corrected chi connectivity index (χ2v) is 9.36. The fourth-order valence-corrected chi connectivity index (χ4v) is 5.57. The van der Waals surface area contributed by atoms with E-state index >= 15 is 0 Å². The maximum Gasteiger partial charge on any atom is 0.238 e. The molecule has 0 radical (unpaired) electrons. The summed E-state index contributed by atoms with van der Waals surface area (Å²) in [5.41, 5.74) is 4.98. The lowest BCUT2D eigenvalue weighted by Crippen LogP contribution is -2.29. The molecule has 0 aromatic heterocycles. The fraction of sp³-hybridized carbons (Fsp3) is 0.286. The van der Waals surface area contributed by atoms with Crippen LogP contribution in [-0.2, 0) is 16.0 Å². The largest absolute Gasteiger partial charge is 0.326 e. The Kier molecular flexibility index (Phi) is 7.50. The first-order valence-electron chi connectivity index (χ1n) is 11.6. The number of thioether (sulfide) groups is 1. The summed E-state index contributed by atoms with van der Waals surface area (Å²) in [4.78, 5) is 27.9. The summed E-state index contributed by atoms with van der Waals surface area (Å²) in [6.45, 7) is 4.18. The Morgan fingerprint density at radius 3 is 2.55 bits per heavy atom. The van der Waals surface area contributed by atoms with Crippen molar-refractivity contribution < 1.29 is 9.59 Å². The highest BCUT2D eigenvalue weighted by molar-refractivity contribution is 8.00. The van der Waals surface area contributed by atoms with Crippen molar-refractivity contribution >= 4 is 35.0 Å². The van der Waals surface area contributed by atoms with Crippen molar-refractivity contribution in [1.29, 1.82) is 0 Å². The molecule has 0 aliphatic carbocycles. The van der Waals surface area contributed by atoms with Crippen LogP contribution in [0.5, 0.6) is 0 Å². The van der Waals surface area contributed by atoms with Crippen LogP contribution in [-0.4, -0.2) is 17.6 Å². The molecule has 1 saturated heterocycles. The molecule has 0 bridgehead atoms. The molecule has 0 saturated carbocycles. The smallest absolute Gasteiger partial charge is 0.238 e. The van der Waals surface area contributed by atoms with Crippen LogP contribution in [0.15, 0.2) is 78.9 Å². The quantitative estimate of drug-likeness (QED) is 0.416. The van der Waals surface area contributed by atoms with E-state index in [9.17, 15) is 9.59 Å². The van der Waals surface area contributed by atoms with Crippen molar-refractivity contribution in [3.8, 4) is 0 Å². The third-order valence-electron chi connectivity index (χ3n) is 6.00. The van der Waals surface area contributed by atoms with Gasteiger partial charge in [-0.3, -0.25) is 14.5 Å². The number of carbonyl (C=O) groups excluding carboxylic acids is 2. The molecule has 1 heterocycles. The Balaban J connectivity index is 1.58. The number of hydrogen-bond acceptors (Lipinski definition) is 3. The Morgan fingerprint density at radius 1 is 1.03 bits per heavy atom. The minimum atomic E-state index is -0.199. The van der Waals surface area contributed by atoms with Crippen LogP contribution >= 0.6 is 11.8 Å². The molecule has 4 rings (SSSR count). The summed E-state index contributed by atoms with van der Waals surface area (Å²) in [6.07, 6.45) is 2.69. The van der Waals surface area contributed by atoms with Crippen molar-refractivity contribution in [2.45, 2.75) is 44.4 Å². The standard InChI is InChI=1S/C28H30N2O2S/c1-3-11-21-14-8-9-17-25(21)30-26(31)19-33-28(30)22-15-10-16-23(18-22)29-27(32)24(4-2)20-12-6-5-7-13-20/h5-10,12-18,24,28H,3-4,11,19H2,1-2H3,(H,29,32)/t24-,28+/m0/s1. The van der Waals surface area contributed by atoms with Gasteiger partial charge in [-0.25, -0.2) is 0 Å². The summed E-state index contributed by atoms with van der Waals surface area (Å²) in [7, 11) is 0. The molecule has 0 spiro atoms. The van der Waals surface area contributed by atoms with E-state index in [-0.39, 0.29) is 23.1 Å². The molecular weight excluding hydrogens is 428 g/mol. The molecule has 3 aromatic rings. The Hall–Kier alpha value is -3.05. The van der Waals surface area contributed by atoms with Gasteiger partial charge in [-0.15, -0.1) is 11.8 Å². The van der Waals surface area contributed by atoms with E-state index in [0.29, 0.717) is 5.75 Å². The van der Waals surface area contributed by atoms with Gasteiger partial charge in [0.1, 0.15) is 5.37 Å². The van der Waals surface area contributed by atoms with Gasteiger partial charge in [-0.2, -0.15) is 0 Å². The Labute approximate surface area is 200 Å².